The van der Waals surface area contributed by atoms with Crippen molar-refractivity contribution in [1.82, 2.24) is 20.0 Å². The third kappa shape index (κ3) is 2.44. The number of carbonyl (C=O) groups excluding carboxylic acids is 1. The summed E-state index contributed by atoms with van der Waals surface area (Å²) >= 11 is 0. The van der Waals surface area contributed by atoms with E-state index in [1.165, 1.54) is 5.56 Å². The van der Waals surface area contributed by atoms with Gasteiger partial charge in [-0.1, -0.05) is 37.3 Å². The largest absolute Gasteiger partial charge is 0.515 e. The van der Waals surface area contributed by atoms with Gasteiger partial charge in [-0.15, -0.1) is 0 Å². The van der Waals surface area contributed by atoms with Crippen molar-refractivity contribution in [3.63, 3.8) is 0 Å². The van der Waals surface area contributed by atoms with Crippen LogP contribution in [0.1, 0.15) is 36.6 Å². The first kappa shape index (κ1) is 17.9. The van der Waals surface area contributed by atoms with Gasteiger partial charge in [0.1, 0.15) is 0 Å². The number of fused-ring (bicyclic) bond motifs is 3. The number of H-pyrrole nitrogens is 1. The molecule has 0 bridgehead atoms. The van der Waals surface area contributed by atoms with E-state index in [9.17, 15) is 9.90 Å². The molecule has 1 aromatic carbocycles. The number of aryl methyl sites for hydroxylation is 1. The number of ketones is 1. The predicted molar refractivity (Wildman–Crippen MR) is 109 cm³/mol. The first-order valence-corrected chi connectivity index (χ1v) is 10.1. The molecule has 2 aromatic heterocycles. The van der Waals surface area contributed by atoms with E-state index < -0.39 is 5.41 Å². The van der Waals surface area contributed by atoms with Gasteiger partial charge in [0.25, 0.3) is 0 Å². The summed E-state index contributed by atoms with van der Waals surface area (Å²) in [6.07, 6.45) is 7.06. The Balaban J connectivity index is 1.76. The molecule has 0 aliphatic heterocycles. The Morgan fingerprint density at radius 3 is 2.79 bits per heavy atom. The molecular formula is C23H24N4O2. The molecule has 0 radical (unpaired) electrons. The van der Waals surface area contributed by atoms with Gasteiger partial charge in [-0.25, -0.2) is 0 Å². The predicted octanol–water partition coefficient (Wildman–Crippen LogP) is 3.71. The Bertz CT molecular complexity index is 1110. The second-order valence-corrected chi connectivity index (χ2v) is 8.30. The Hall–Kier alpha value is -3.15. The minimum atomic E-state index is -0.413. The van der Waals surface area contributed by atoms with Crippen LogP contribution >= 0.6 is 0 Å². The molecule has 6 nitrogen and oxygen atoms in total. The number of benzene rings is 1. The molecule has 3 atom stereocenters. The van der Waals surface area contributed by atoms with Crippen LogP contribution in [0, 0.1) is 11.8 Å². The topological polar surface area (TPSA) is 83.8 Å². The maximum absolute atomic E-state index is 12.9. The van der Waals surface area contributed by atoms with Gasteiger partial charge in [0.15, 0.2) is 5.78 Å². The van der Waals surface area contributed by atoms with Crippen molar-refractivity contribution in [2.75, 3.05) is 0 Å². The first-order chi connectivity index (χ1) is 14.1. The fourth-order valence-corrected chi connectivity index (χ4v) is 5.56. The van der Waals surface area contributed by atoms with Gasteiger partial charge in [-0.3, -0.25) is 14.6 Å². The van der Waals surface area contributed by atoms with E-state index in [1.54, 1.807) is 4.68 Å². The zero-order valence-electron chi connectivity index (χ0n) is 16.6. The van der Waals surface area contributed by atoms with Crippen LogP contribution in [0.25, 0.3) is 11.3 Å². The average Bonchev–Trinajstić information content (AvgIpc) is 3.37. The molecule has 5 rings (SSSR count). The van der Waals surface area contributed by atoms with E-state index in [0.717, 1.165) is 41.6 Å². The molecular weight excluding hydrogens is 364 g/mol. The summed E-state index contributed by atoms with van der Waals surface area (Å²) in [5.74, 6) is 0.0379. The number of nitrogens with zero attached hydrogens (tertiary/aromatic N) is 3. The molecule has 29 heavy (non-hydrogen) atoms. The minimum Gasteiger partial charge on any atom is -0.515 e. The minimum absolute atomic E-state index is 0.0551. The zero-order valence-corrected chi connectivity index (χ0v) is 16.6. The van der Waals surface area contributed by atoms with Gasteiger partial charge in [-0.2, -0.15) is 10.2 Å². The first-order valence-electron chi connectivity index (χ1n) is 10.1. The van der Waals surface area contributed by atoms with Gasteiger partial charge in [0.2, 0.25) is 0 Å². The summed E-state index contributed by atoms with van der Waals surface area (Å²) in [5, 5.41) is 22.2. The SMILES string of the molecule is C[C@@H]1C(=O)C(=CO)C[C@]2(c3ccccc3)c3[nH]nc(-c4cnn(C)c4)c3CC[C@@H]12. The average molecular weight is 388 g/mol. The molecule has 1 saturated carbocycles. The lowest BCUT2D eigenvalue weighted by atomic mass is 9.52. The van der Waals surface area contributed by atoms with Crippen LogP contribution in [0.2, 0.25) is 0 Å². The molecule has 0 saturated heterocycles. The van der Waals surface area contributed by atoms with Crippen molar-refractivity contribution in [1.29, 1.82) is 0 Å². The molecule has 2 N–H and O–H groups in total. The standard InChI is InChI=1S/C23H24N4O2/c1-14-19-9-8-18-20(16-11-24-27(2)12-16)25-26-22(18)23(19,10-15(13-28)21(14)29)17-6-4-3-5-7-17/h3-7,11-14,19,28H,8-10H2,1-2H3,(H,25,26)/t14-,19-,23+/m0/s1. The lowest BCUT2D eigenvalue weighted by Gasteiger charge is -2.50. The number of aromatic amines is 1. The van der Waals surface area contributed by atoms with Crippen LogP contribution < -0.4 is 0 Å². The molecule has 2 aliphatic carbocycles. The molecule has 0 unspecified atom stereocenters. The number of nitrogens with one attached hydrogen (secondary N) is 1. The van der Waals surface area contributed by atoms with Crippen LogP contribution in [-0.2, 0) is 23.7 Å². The third-order valence-corrected chi connectivity index (χ3v) is 6.88. The third-order valence-electron chi connectivity index (χ3n) is 6.88. The number of hydrogen-bond acceptors (Lipinski definition) is 4. The summed E-state index contributed by atoms with van der Waals surface area (Å²) in [5.41, 5.74) is 5.42. The van der Waals surface area contributed by atoms with Gasteiger partial charge >= 0.3 is 0 Å². The highest BCUT2D eigenvalue weighted by Crippen LogP contribution is 2.56. The van der Waals surface area contributed by atoms with Crippen LogP contribution in [0.5, 0.6) is 0 Å². The van der Waals surface area contributed by atoms with Crippen LogP contribution in [-0.4, -0.2) is 30.9 Å². The smallest absolute Gasteiger partial charge is 0.165 e. The van der Waals surface area contributed by atoms with Crippen molar-refractivity contribution < 1.29 is 9.90 Å². The van der Waals surface area contributed by atoms with E-state index in [-0.39, 0.29) is 17.6 Å². The van der Waals surface area contributed by atoms with Gasteiger partial charge < -0.3 is 5.11 Å². The van der Waals surface area contributed by atoms with Gasteiger partial charge in [-0.05, 0) is 30.7 Å². The zero-order chi connectivity index (χ0) is 20.2. The number of carbonyl (C=O) groups is 1. The lowest BCUT2D eigenvalue weighted by molar-refractivity contribution is -0.123. The molecule has 2 heterocycles. The monoisotopic (exact) mass is 388 g/mol. The Morgan fingerprint density at radius 2 is 2.10 bits per heavy atom. The molecule has 0 spiro atoms. The summed E-state index contributed by atoms with van der Waals surface area (Å²) in [6, 6.07) is 10.3. The number of Topliss-reactive ketones (excluding diaryl/α,β-unsaturated/α-hetero) is 1. The molecule has 0 amide bonds. The van der Waals surface area contributed by atoms with Crippen molar-refractivity contribution >= 4 is 5.78 Å². The fourth-order valence-electron chi connectivity index (χ4n) is 5.56. The summed E-state index contributed by atoms with van der Waals surface area (Å²) in [6.45, 7) is 2.00. The molecule has 1 fully saturated rings. The van der Waals surface area contributed by atoms with Crippen molar-refractivity contribution in [2.45, 2.75) is 31.6 Å². The highest BCUT2D eigenvalue weighted by molar-refractivity contribution is 5.98. The highest BCUT2D eigenvalue weighted by atomic mass is 16.2. The Kier molecular flexibility index (Phi) is 3.98. The van der Waals surface area contributed by atoms with E-state index >= 15 is 0 Å². The van der Waals surface area contributed by atoms with Crippen LogP contribution in [0.15, 0.2) is 54.6 Å². The van der Waals surface area contributed by atoms with Crippen molar-refractivity contribution in [2.24, 2.45) is 18.9 Å². The Morgan fingerprint density at radius 1 is 1.31 bits per heavy atom. The number of aliphatic hydroxyl groups excluding tert-OH is 1. The lowest BCUT2D eigenvalue weighted by Crippen LogP contribution is -2.50. The number of aromatic nitrogens is 4. The maximum atomic E-state index is 12.9. The molecule has 3 aromatic rings. The number of allylic oxidation sites excluding steroid dienone is 1. The summed E-state index contributed by atoms with van der Waals surface area (Å²) < 4.78 is 1.78. The summed E-state index contributed by atoms with van der Waals surface area (Å²) in [7, 11) is 1.90. The van der Waals surface area contributed by atoms with Gasteiger partial charge in [0.05, 0.1) is 23.8 Å². The van der Waals surface area contributed by atoms with E-state index in [4.69, 9.17) is 5.10 Å². The molecule has 6 heteroatoms. The molecule has 148 valence electrons. The van der Waals surface area contributed by atoms with Crippen molar-refractivity contribution in [3.05, 3.63) is 71.4 Å². The number of aliphatic hydroxyl groups is 1. The van der Waals surface area contributed by atoms with Crippen molar-refractivity contribution in [3.8, 4) is 11.3 Å². The molecule has 2 aliphatic rings. The highest BCUT2D eigenvalue weighted by Gasteiger charge is 2.55. The fraction of sp³-hybridized carbons (Fsp3) is 0.348. The van der Waals surface area contributed by atoms with E-state index in [0.29, 0.717) is 12.0 Å². The normalized spacial score (nSPS) is 27.7. The second-order valence-electron chi connectivity index (χ2n) is 8.30. The maximum Gasteiger partial charge on any atom is 0.165 e. The van der Waals surface area contributed by atoms with Gasteiger partial charge in [0, 0.05) is 41.3 Å². The summed E-state index contributed by atoms with van der Waals surface area (Å²) in [4.78, 5) is 12.9. The quantitative estimate of drug-likeness (QED) is 0.518. The van der Waals surface area contributed by atoms with Crippen LogP contribution in [0.4, 0.5) is 0 Å². The number of hydrogen-bond donors (Lipinski definition) is 2. The van der Waals surface area contributed by atoms with E-state index in [1.807, 2.05) is 44.6 Å². The number of rotatable bonds is 2. The van der Waals surface area contributed by atoms with E-state index in [2.05, 4.69) is 22.3 Å². The second kappa shape index (κ2) is 6.44. The Labute approximate surface area is 169 Å². The van der Waals surface area contributed by atoms with Crippen LogP contribution in [0.3, 0.4) is 0 Å².